The first kappa shape index (κ1) is 9.52. The minimum atomic E-state index is 0.0820. The molecule has 0 spiro atoms. The van der Waals surface area contributed by atoms with Gasteiger partial charge in [0.05, 0.1) is 0 Å². The van der Waals surface area contributed by atoms with E-state index in [9.17, 15) is 4.79 Å². The predicted molar refractivity (Wildman–Crippen MR) is 48.9 cm³/mol. The highest BCUT2D eigenvalue weighted by Gasteiger charge is 2.20. The van der Waals surface area contributed by atoms with Crippen LogP contribution in [0.15, 0.2) is 0 Å². The molecule has 1 saturated heterocycles. The van der Waals surface area contributed by atoms with Gasteiger partial charge in [0.25, 0.3) is 0 Å². The van der Waals surface area contributed by atoms with Crippen molar-refractivity contribution in [3.8, 4) is 0 Å². The summed E-state index contributed by atoms with van der Waals surface area (Å²) in [6, 6.07) is 0.348. The third-order valence-corrected chi connectivity index (χ3v) is 2.43. The van der Waals surface area contributed by atoms with Crippen LogP contribution in [0.25, 0.3) is 0 Å². The molecule has 70 valence electrons. The number of piperidine rings is 1. The smallest absolute Gasteiger partial charge is 0.217 e. The standard InChI is InChI=1S/C9H18N2O/c1-3-8-4-9(6-10-5-8)11-7(2)12/h8-10H,3-6H2,1-2H3,(H,11,12). The molecule has 3 heteroatoms. The van der Waals surface area contributed by atoms with E-state index in [1.165, 1.54) is 6.42 Å². The molecule has 1 aliphatic heterocycles. The van der Waals surface area contributed by atoms with Gasteiger partial charge in [-0.15, -0.1) is 0 Å². The van der Waals surface area contributed by atoms with Gasteiger partial charge < -0.3 is 10.6 Å². The van der Waals surface area contributed by atoms with Gasteiger partial charge >= 0.3 is 0 Å². The molecule has 0 aromatic carbocycles. The number of amides is 1. The van der Waals surface area contributed by atoms with Crippen molar-refractivity contribution in [2.24, 2.45) is 5.92 Å². The summed E-state index contributed by atoms with van der Waals surface area (Å²) in [5.74, 6) is 0.814. The summed E-state index contributed by atoms with van der Waals surface area (Å²) in [7, 11) is 0. The van der Waals surface area contributed by atoms with Crippen LogP contribution in [0.4, 0.5) is 0 Å². The van der Waals surface area contributed by atoms with E-state index in [-0.39, 0.29) is 5.91 Å². The molecular weight excluding hydrogens is 152 g/mol. The van der Waals surface area contributed by atoms with Crippen LogP contribution in [-0.2, 0) is 4.79 Å². The quantitative estimate of drug-likeness (QED) is 0.634. The van der Waals surface area contributed by atoms with Gasteiger partial charge in [0, 0.05) is 19.5 Å². The molecule has 1 aliphatic rings. The lowest BCUT2D eigenvalue weighted by Crippen LogP contribution is -2.48. The molecule has 12 heavy (non-hydrogen) atoms. The van der Waals surface area contributed by atoms with Crippen LogP contribution < -0.4 is 10.6 Å². The Morgan fingerprint density at radius 2 is 2.33 bits per heavy atom. The summed E-state index contributed by atoms with van der Waals surface area (Å²) in [6.45, 7) is 5.81. The fourth-order valence-corrected chi connectivity index (χ4v) is 1.74. The number of nitrogens with one attached hydrogen (secondary N) is 2. The van der Waals surface area contributed by atoms with Crippen molar-refractivity contribution in [3.63, 3.8) is 0 Å². The zero-order valence-corrected chi connectivity index (χ0v) is 7.89. The average Bonchev–Trinajstić information content (AvgIpc) is 2.03. The molecule has 0 aromatic rings. The van der Waals surface area contributed by atoms with Crippen LogP contribution in [0, 0.1) is 5.92 Å². The van der Waals surface area contributed by atoms with Crippen LogP contribution in [0.2, 0.25) is 0 Å². The van der Waals surface area contributed by atoms with Crippen LogP contribution in [0.5, 0.6) is 0 Å². The number of hydrogen-bond acceptors (Lipinski definition) is 2. The van der Waals surface area contributed by atoms with Crippen LogP contribution in [0.3, 0.4) is 0 Å². The van der Waals surface area contributed by atoms with E-state index >= 15 is 0 Å². The SMILES string of the molecule is CCC1CNCC(NC(C)=O)C1. The molecule has 0 radical (unpaired) electrons. The highest BCUT2D eigenvalue weighted by atomic mass is 16.1. The summed E-state index contributed by atoms with van der Waals surface area (Å²) in [4.78, 5) is 10.8. The molecule has 2 unspecified atom stereocenters. The summed E-state index contributed by atoms with van der Waals surface area (Å²) in [5, 5.41) is 6.27. The molecular formula is C9H18N2O. The topological polar surface area (TPSA) is 41.1 Å². The normalized spacial score (nSPS) is 29.8. The van der Waals surface area contributed by atoms with E-state index in [1.807, 2.05) is 0 Å². The Morgan fingerprint density at radius 3 is 2.92 bits per heavy atom. The van der Waals surface area contributed by atoms with E-state index in [0.29, 0.717) is 6.04 Å². The number of hydrogen-bond donors (Lipinski definition) is 2. The Morgan fingerprint density at radius 1 is 1.58 bits per heavy atom. The van der Waals surface area contributed by atoms with E-state index in [0.717, 1.165) is 25.4 Å². The molecule has 1 heterocycles. The number of carbonyl (C=O) groups is 1. The number of rotatable bonds is 2. The lowest BCUT2D eigenvalue weighted by Gasteiger charge is -2.29. The monoisotopic (exact) mass is 170 g/mol. The Labute approximate surface area is 73.9 Å². The molecule has 1 rings (SSSR count). The highest BCUT2D eigenvalue weighted by molar-refractivity contribution is 5.73. The molecule has 0 saturated carbocycles. The highest BCUT2D eigenvalue weighted by Crippen LogP contribution is 2.13. The van der Waals surface area contributed by atoms with Gasteiger partial charge in [-0.1, -0.05) is 13.3 Å². The molecule has 0 bridgehead atoms. The average molecular weight is 170 g/mol. The third kappa shape index (κ3) is 2.81. The zero-order chi connectivity index (χ0) is 8.97. The van der Waals surface area contributed by atoms with Gasteiger partial charge in [0.1, 0.15) is 0 Å². The first-order valence-electron chi connectivity index (χ1n) is 4.70. The van der Waals surface area contributed by atoms with Crippen LogP contribution >= 0.6 is 0 Å². The first-order valence-corrected chi connectivity index (χ1v) is 4.70. The molecule has 1 amide bonds. The second-order valence-electron chi connectivity index (χ2n) is 3.57. The summed E-state index contributed by atoms with van der Waals surface area (Å²) >= 11 is 0. The van der Waals surface area contributed by atoms with E-state index in [1.54, 1.807) is 6.92 Å². The fourth-order valence-electron chi connectivity index (χ4n) is 1.74. The van der Waals surface area contributed by atoms with E-state index in [2.05, 4.69) is 17.6 Å². The van der Waals surface area contributed by atoms with Gasteiger partial charge in [-0.05, 0) is 18.9 Å². The van der Waals surface area contributed by atoms with Gasteiger partial charge in [-0.2, -0.15) is 0 Å². The van der Waals surface area contributed by atoms with Crippen molar-refractivity contribution in [1.29, 1.82) is 0 Å². The molecule has 0 aromatic heterocycles. The maximum Gasteiger partial charge on any atom is 0.217 e. The minimum Gasteiger partial charge on any atom is -0.352 e. The Hall–Kier alpha value is -0.570. The van der Waals surface area contributed by atoms with Crippen molar-refractivity contribution < 1.29 is 4.79 Å². The van der Waals surface area contributed by atoms with Gasteiger partial charge in [0.2, 0.25) is 5.91 Å². The van der Waals surface area contributed by atoms with Crippen LogP contribution in [0.1, 0.15) is 26.7 Å². The maximum absolute atomic E-state index is 10.8. The predicted octanol–water partition coefficient (Wildman–Crippen LogP) is 0.511. The number of carbonyl (C=O) groups excluding carboxylic acids is 1. The van der Waals surface area contributed by atoms with Crippen LogP contribution in [-0.4, -0.2) is 25.0 Å². The Balaban J connectivity index is 2.30. The largest absolute Gasteiger partial charge is 0.352 e. The molecule has 2 atom stereocenters. The van der Waals surface area contributed by atoms with Gasteiger partial charge in [-0.25, -0.2) is 0 Å². The fraction of sp³-hybridized carbons (Fsp3) is 0.889. The molecule has 2 N–H and O–H groups in total. The lowest BCUT2D eigenvalue weighted by molar-refractivity contribution is -0.119. The molecule has 1 fully saturated rings. The van der Waals surface area contributed by atoms with Crippen molar-refractivity contribution in [2.45, 2.75) is 32.7 Å². The van der Waals surface area contributed by atoms with Crippen molar-refractivity contribution in [2.75, 3.05) is 13.1 Å². The van der Waals surface area contributed by atoms with Crippen molar-refractivity contribution in [1.82, 2.24) is 10.6 Å². The van der Waals surface area contributed by atoms with Gasteiger partial charge in [-0.3, -0.25) is 4.79 Å². The summed E-state index contributed by atoms with van der Waals surface area (Å²) in [6.07, 6.45) is 2.33. The second kappa shape index (κ2) is 4.45. The van der Waals surface area contributed by atoms with Gasteiger partial charge in [0.15, 0.2) is 0 Å². The minimum absolute atomic E-state index is 0.0820. The Bertz CT molecular complexity index is 159. The van der Waals surface area contributed by atoms with E-state index < -0.39 is 0 Å². The van der Waals surface area contributed by atoms with Crippen molar-refractivity contribution in [3.05, 3.63) is 0 Å². The second-order valence-corrected chi connectivity index (χ2v) is 3.57. The third-order valence-electron chi connectivity index (χ3n) is 2.43. The van der Waals surface area contributed by atoms with Crippen molar-refractivity contribution >= 4 is 5.91 Å². The summed E-state index contributed by atoms with van der Waals surface area (Å²) < 4.78 is 0. The molecule has 3 nitrogen and oxygen atoms in total. The first-order chi connectivity index (χ1) is 5.72. The molecule has 0 aliphatic carbocycles. The van der Waals surface area contributed by atoms with E-state index in [4.69, 9.17) is 0 Å². The summed E-state index contributed by atoms with van der Waals surface area (Å²) in [5.41, 5.74) is 0. The Kier molecular flexibility index (Phi) is 3.53. The lowest BCUT2D eigenvalue weighted by atomic mass is 9.93. The zero-order valence-electron chi connectivity index (χ0n) is 7.89. The maximum atomic E-state index is 10.8.